The fourth-order valence-corrected chi connectivity index (χ4v) is 5.63. The van der Waals surface area contributed by atoms with E-state index in [1.165, 1.54) is 16.4 Å². The van der Waals surface area contributed by atoms with Crippen LogP contribution in [0.3, 0.4) is 0 Å². The highest BCUT2D eigenvalue weighted by Crippen LogP contribution is 2.18. The van der Waals surface area contributed by atoms with Crippen molar-refractivity contribution in [2.24, 2.45) is 0 Å². The number of carbonyl (C=O) groups is 1. The van der Waals surface area contributed by atoms with E-state index in [9.17, 15) is 21.6 Å². The van der Waals surface area contributed by atoms with Crippen LogP contribution in [0.15, 0.2) is 53.4 Å². The summed E-state index contributed by atoms with van der Waals surface area (Å²) in [6, 6.07) is 12.6. The monoisotopic (exact) mass is 479 g/mol. The van der Waals surface area contributed by atoms with Crippen molar-refractivity contribution < 1.29 is 21.6 Å². The van der Waals surface area contributed by atoms with E-state index in [2.05, 4.69) is 10.2 Å². The number of amides is 1. The second kappa shape index (κ2) is 9.70. The lowest BCUT2D eigenvalue weighted by atomic mass is 10.1. The zero-order valence-corrected chi connectivity index (χ0v) is 20.1. The molecule has 0 radical (unpaired) electrons. The first-order valence-corrected chi connectivity index (χ1v) is 13.8. The minimum Gasteiger partial charge on any atom is -0.346 e. The third-order valence-corrected chi connectivity index (χ3v) is 8.56. The van der Waals surface area contributed by atoms with Gasteiger partial charge in [0.05, 0.1) is 16.7 Å². The van der Waals surface area contributed by atoms with Gasteiger partial charge in [-0.2, -0.15) is 4.31 Å². The van der Waals surface area contributed by atoms with Gasteiger partial charge in [0.25, 0.3) is 5.91 Å². The van der Waals surface area contributed by atoms with Gasteiger partial charge < -0.3 is 10.2 Å². The number of likely N-dealkylation sites (N-methyl/N-ethyl adjacent to an activating group) is 1. The van der Waals surface area contributed by atoms with Gasteiger partial charge in [0.1, 0.15) is 0 Å². The maximum atomic E-state index is 12.7. The van der Waals surface area contributed by atoms with E-state index in [1.54, 1.807) is 36.4 Å². The standard InChI is InChI=1S/C22H29N3O5S2/c1-17(19-8-10-21(11-9-19)31(3,27)28)23-22(26)20-6-4-18(5-7-20)16-32(29,30)25-14-12-24(2)13-15-25/h4-11,17H,12-16H2,1-3H3,(H,23,26)/t17-/m1/s1. The Hall–Kier alpha value is -2.27. The van der Waals surface area contributed by atoms with E-state index < -0.39 is 19.9 Å². The number of piperazine rings is 1. The molecule has 1 aliphatic heterocycles. The van der Waals surface area contributed by atoms with Crippen LogP contribution in [0, 0.1) is 0 Å². The molecule has 1 atom stereocenters. The molecule has 0 unspecified atom stereocenters. The lowest BCUT2D eigenvalue weighted by molar-refractivity contribution is 0.0940. The van der Waals surface area contributed by atoms with Crippen molar-refractivity contribution in [1.29, 1.82) is 0 Å². The van der Waals surface area contributed by atoms with Crippen molar-refractivity contribution in [3.05, 3.63) is 65.2 Å². The van der Waals surface area contributed by atoms with Crippen molar-refractivity contribution in [1.82, 2.24) is 14.5 Å². The summed E-state index contributed by atoms with van der Waals surface area (Å²) >= 11 is 0. The SMILES string of the molecule is C[C@@H](NC(=O)c1ccc(CS(=O)(=O)N2CCN(C)CC2)cc1)c1ccc(S(C)(=O)=O)cc1. The molecule has 174 valence electrons. The first-order valence-electron chi connectivity index (χ1n) is 10.3. The summed E-state index contributed by atoms with van der Waals surface area (Å²) in [6.45, 7) is 4.22. The topological polar surface area (TPSA) is 104 Å². The molecule has 1 amide bonds. The summed E-state index contributed by atoms with van der Waals surface area (Å²) in [5, 5.41) is 2.87. The largest absolute Gasteiger partial charge is 0.346 e. The number of hydrogen-bond donors (Lipinski definition) is 1. The lowest BCUT2D eigenvalue weighted by Crippen LogP contribution is -2.47. The molecule has 0 spiro atoms. The number of sulfone groups is 1. The van der Waals surface area contributed by atoms with Crippen LogP contribution in [-0.4, -0.2) is 71.4 Å². The molecular weight excluding hydrogens is 450 g/mol. The third-order valence-electron chi connectivity index (χ3n) is 5.58. The Morgan fingerprint density at radius 3 is 2.03 bits per heavy atom. The van der Waals surface area contributed by atoms with Gasteiger partial charge in [0, 0.05) is 38.0 Å². The van der Waals surface area contributed by atoms with Crippen molar-refractivity contribution in [3.63, 3.8) is 0 Å². The van der Waals surface area contributed by atoms with E-state index in [0.29, 0.717) is 37.3 Å². The summed E-state index contributed by atoms with van der Waals surface area (Å²) in [6.07, 6.45) is 1.15. The maximum Gasteiger partial charge on any atom is 0.251 e. The van der Waals surface area contributed by atoms with Gasteiger partial charge in [-0.25, -0.2) is 16.8 Å². The van der Waals surface area contributed by atoms with Crippen LogP contribution in [0.5, 0.6) is 0 Å². The van der Waals surface area contributed by atoms with E-state index >= 15 is 0 Å². The van der Waals surface area contributed by atoms with Crippen LogP contribution in [0.1, 0.15) is 34.5 Å². The Morgan fingerprint density at radius 1 is 0.938 bits per heavy atom. The van der Waals surface area contributed by atoms with E-state index in [4.69, 9.17) is 0 Å². The number of nitrogens with one attached hydrogen (secondary N) is 1. The predicted octanol–water partition coefficient (Wildman–Crippen LogP) is 1.66. The molecule has 1 heterocycles. The molecule has 0 aliphatic carbocycles. The molecule has 1 fully saturated rings. The molecule has 1 aliphatic rings. The second-order valence-electron chi connectivity index (χ2n) is 8.19. The van der Waals surface area contributed by atoms with Crippen molar-refractivity contribution in [2.45, 2.75) is 23.6 Å². The second-order valence-corrected chi connectivity index (χ2v) is 12.2. The summed E-state index contributed by atoms with van der Waals surface area (Å²) in [5.74, 6) is -0.389. The quantitative estimate of drug-likeness (QED) is 0.648. The molecule has 2 aromatic rings. The fourth-order valence-electron chi connectivity index (χ4n) is 3.49. The Kier molecular flexibility index (Phi) is 7.39. The molecule has 8 nitrogen and oxygen atoms in total. The molecule has 0 saturated carbocycles. The third kappa shape index (κ3) is 6.16. The number of sulfonamides is 1. The Bertz CT molecular complexity index is 1150. The molecule has 1 N–H and O–H groups in total. The van der Waals surface area contributed by atoms with Crippen LogP contribution in [0.25, 0.3) is 0 Å². The average Bonchev–Trinajstić information content (AvgIpc) is 2.73. The van der Waals surface area contributed by atoms with Gasteiger partial charge in [-0.3, -0.25) is 4.79 Å². The fraction of sp³-hybridized carbons (Fsp3) is 0.409. The maximum absolute atomic E-state index is 12.7. The molecule has 0 bridgehead atoms. The van der Waals surface area contributed by atoms with Crippen LogP contribution >= 0.6 is 0 Å². The van der Waals surface area contributed by atoms with Gasteiger partial charge in [-0.15, -0.1) is 0 Å². The van der Waals surface area contributed by atoms with E-state index in [0.717, 1.165) is 11.8 Å². The zero-order chi connectivity index (χ0) is 23.5. The van der Waals surface area contributed by atoms with Gasteiger partial charge >= 0.3 is 0 Å². The normalized spacial score (nSPS) is 17.1. The molecule has 32 heavy (non-hydrogen) atoms. The molecule has 1 saturated heterocycles. The van der Waals surface area contributed by atoms with E-state index in [1.807, 2.05) is 14.0 Å². The number of hydrogen-bond acceptors (Lipinski definition) is 6. The molecular formula is C22H29N3O5S2. The summed E-state index contributed by atoms with van der Waals surface area (Å²) < 4.78 is 50.0. The molecule has 10 heteroatoms. The van der Waals surface area contributed by atoms with E-state index in [-0.39, 0.29) is 22.6 Å². The van der Waals surface area contributed by atoms with Crippen LogP contribution < -0.4 is 5.32 Å². The Balaban J connectivity index is 1.61. The molecule has 0 aromatic heterocycles. The summed E-state index contributed by atoms with van der Waals surface area (Å²) in [5.41, 5.74) is 1.83. The Morgan fingerprint density at radius 2 is 1.50 bits per heavy atom. The smallest absolute Gasteiger partial charge is 0.251 e. The zero-order valence-electron chi connectivity index (χ0n) is 18.5. The number of benzene rings is 2. The highest BCUT2D eigenvalue weighted by atomic mass is 32.2. The highest BCUT2D eigenvalue weighted by Gasteiger charge is 2.26. The van der Waals surface area contributed by atoms with Crippen LogP contribution in [-0.2, 0) is 25.6 Å². The number of rotatable bonds is 7. The predicted molar refractivity (Wildman–Crippen MR) is 124 cm³/mol. The molecule has 2 aromatic carbocycles. The minimum absolute atomic E-state index is 0.0955. The van der Waals surface area contributed by atoms with Gasteiger partial charge in [0.15, 0.2) is 9.84 Å². The van der Waals surface area contributed by atoms with Gasteiger partial charge in [-0.1, -0.05) is 24.3 Å². The van der Waals surface area contributed by atoms with Crippen molar-refractivity contribution in [3.8, 4) is 0 Å². The van der Waals surface area contributed by atoms with Gasteiger partial charge in [0.2, 0.25) is 10.0 Å². The summed E-state index contributed by atoms with van der Waals surface area (Å²) in [7, 11) is -4.70. The number of nitrogens with zero attached hydrogens (tertiary/aromatic N) is 2. The van der Waals surface area contributed by atoms with Crippen molar-refractivity contribution >= 4 is 25.8 Å². The minimum atomic E-state index is -3.40. The first kappa shape index (κ1) is 24.4. The lowest BCUT2D eigenvalue weighted by Gasteiger charge is -2.31. The molecule has 3 rings (SSSR count). The highest BCUT2D eigenvalue weighted by molar-refractivity contribution is 7.90. The Labute approximate surface area is 190 Å². The van der Waals surface area contributed by atoms with Crippen LogP contribution in [0.4, 0.5) is 0 Å². The average molecular weight is 480 g/mol. The van der Waals surface area contributed by atoms with Crippen LogP contribution in [0.2, 0.25) is 0 Å². The van der Waals surface area contributed by atoms with Crippen molar-refractivity contribution in [2.75, 3.05) is 39.5 Å². The summed E-state index contributed by atoms with van der Waals surface area (Å²) in [4.78, 5) is 14.9. The van der Waals surface area contributed by atoms with Gasteiger partial charge in [-0.05, 0) is 49.4 Å². The first-order chi connectivity index (χ1) is 15.0. The number of carbonyl (C=O) groups excluding carboxylic acids is 1.